The van der Waals surface area contributed by atoms with Crippen LogP contribution in [-0.2, 0) is 12.7 Å². The second kappa shape index (κ2) is 10.0. The van der Waals surface area contributed by atoms with E-state index in [1.54, 1.807) is 17.9 Å². The minimum atomic E-state index is -4.65. The normalized spacial score (nSPS) is 14.2. The first-order valence-electron chi connectivity index (χ1n) is 11.9. The number of rotatable bonds is 5. The van der Waals surface area contributed by atoms with E-state index in [0.29, 0.717) is 16.5 Å². The first-order chi connectivity index (χ1) is 18.6. The molecule has 4 aromatic rings. The van der Waals surface area contributed by atoms with Crippen molar-refractivity contribution in [2.75, 3.05) is 33.3 Å². The average molecular weight is 544 g/mol. The SMILES string of the molecule is COc1ccc(-c2nc(C(=O)N3CCN(C(=O)c4nocc4C)CC3)c(CN)o2)c2ccc(C(F)(F)F)nc12. The molecule has 11 nitrogen and oxygen atoms in total. The van der Waals surface area contributed by atoms with Crippen molar-refractivity contribution in [3.05, 3.63) is 58.9 Å². The molecule has 1 fully saturated rings. The lowest BCUT2D eigenvalue weighted by atomic mass is 10.1. The van der Waals surface area contributed by atoms with Crippen molar-refractivity contribution in [2.45, 2.75) is 19.6 Å². The number of hydrogen-bond donors (Lipinski definition) is 1. The van der Waals surface area contributed by atoms with Gasteiger partial charge < -0.3 is 29.2 Å². The Morgan fingerprint density at radius 2 is 1.69 bits per heavy atom. The zero-order chi connectivity index (χ0) is 27.9. The van der Waals surface area contributed by atoms with Crippen molar-refractivity contribution in [2.24, 2.45) is 5.73 Å². The highest BCUT2D eigenvalue weighted by Crippen LogP contribution is 2.37. The van der Waals surface area contributed by atoms with Gasteiger partial charge in [0.2, 0.25) is 5.89 Å². The number of aryl methyl sites for hydroxylation is 1. The molecule has 1 aromatic carbocycles. The molecular weight excluding hydrogens is 521 g/mol. The molecule has 39 heavy (non-hydrogen) atoms. The molecule has 0 aliphatic carbocycles. The van der Waals surface area contributed by atoms with Gasteiger partial charge in [-0.05, 0) is 31.2 Å². The number of piperazine rings is 1. The molecule has 3 aromatic heterocycles. The number of alkyl halides is 3. The first kappa shape index (κ1) is 26.2. The van der Waals surface area contributed by atoms with E-state index in [1.165, 1.54) is 30.4 Å². The van der Waals surface area contributed by atoms with Crippen molar-refractivity contribution in [3.63, 3.8) is 0 Å². The zero-order valence-corrected chi connectivity index (χ0v) is 20.9. The summed E-state index contributed by atoms with van der Waals surface area (Å²) < 4.78 is 55.7. The summed E-state index contributed by atoms with van der Waals surface area (Å²) in [4.78, 5) is 37.3. The number of benzene rings is 1. The van der Waals surface area contributed by atoms with E-state index < -0.39 is 17.8 Å². The fourth-order valence-corrected chi connectivity index (χ4v) is 4.38. The number of pyridine rings is 1. The van der Waals surface area contributed by atoms with Crippen LogP contribution in [0.1, 0.15) is 38.0 Å². The number of carbonyl (C=O) groups is 2. The van der Waals surface area contributed by atoms with E-state index in [1.807, 2.05) is 0 Å². The molecule has 0 saturated carbocycles. The van der Waals surface area contributed by atoms with E-state index in [2.05, 4.69) is 15.1 Å². The van der Waals surface area contributed by atoms with Gasteiger partial charge in [-0.1, -0.05) is 5.16 Å². The Morgan fingerprint density at radius 3 is 2.26 bits per heavy atom. The number of hydrogen-bond acceptors (Lipinski definition) is 9. The van der Waals surface area contributed by atoms with E-state index in [0.717, 1.165) is 6.07 Å². The highest BCUT2D eigenvalue weighted by Gasteiger charge is 2.34. The zero-order valence-electron chi connectivity index (χ0n) is 20.9. The highest BCUT2D eigenvalue weighted by atomic mass is 19.4. The maximum atomic E-state index is 13.4. The number of amides is 2. The van der Waals surface area contributed by atoms with Crippen LogP contribution < -0.4 is 10.5 Å². The third-order valence-electron chi connectivity index (χ3n) is 6.45. The first-order valence-corrected chi connectivity index (χ1v) is 11.9. The lowest BCUT2D eigenvalue weighted by Crippen LogP contribution is -2.51. The van der Waals surface area contributed by atoms with Crippen molar-refractivity contribution in [1.82, 2.24) is 24.9 Å². The third-order valence-corrected chi connectivity index (χ3v) is 6.45. The molecule has 0 unspecified atom stereocenters. The Labute approximate surface area is 219 Å². The molecule has 0 spiro atoms. The van der Waals surface area contributed by atoms with Gasteiger partial charge in [-0.15, -0.1) is 0 Å². The molecule has 2 amide bonds. The van der Waals surface area contributed by atoms with Gasteiger partial charge in [0.05, 0.1) is 13.7 Å². The molecular formula is C25H23F3N6O5. The van der Waals surface area contributed by atoms with Gasteiger partial charge in [-0.2, -0.15) is 13.2 Å². The largest absolute Gasteiger partial charge is 0.494 e. The monoisotopic (exact) mass is 544 g/mol. The predicted octanol–water partition coefficient (Wildman–Crippen LogP) is 3.27. The van der Waals surface area contributed by atoms with E-state index in [4.69, 9.17) is 19.4 Å². The van der Waals surface area contributed by atoms with Gasteiger partial charge in [-0.25, -0.2) is 9.97 Å². The molecule has 1 aliphatic heterocycles. The van der Waals surface area contributed by atoms with Gasteiger partial charge in [0, 0.05) is 42.7 Å². The van der Waals surface area contributed by atoms with E-state index in [-0.39, 0.29) is 72.9 Å². The number of ether oxygens (including phenoxy) is 1. The van der Waals surface area contributed by atoms with E-state index >= 15 is 0 Å². The number of carbonyl (C=O) groups excluding carboxylic acids is 2. The molecule has 2 N–H and O–H groups in total. The van der Waals surface area contributed by atoms with Crippen LogP contribution in [0.4, 0.5) is 13.2 Å². The summed E-state index contributed by atoms with van der Waals surface area (Å²) in [6, 6.07) is 5.12. The number of aromatic nitrogens is 3. The van der Waals surface area contributed by atoms with Crippen LogP contribution in [0.5, 0.6) is 5.75 Å². The molecule has 1 saturated heterocycles. The van der Waals surface area contributed by atoms with Crippen molar-refractivity contribution in [1.29, 1.82) is 0 Å². The van der Waals surface area contributed by atoms with Crippen LogP contribution in [-0.4, -0.2) is 70.0 Å². The number of nitrogens with zero attached hydrogens (tertiary/aromatic N) is 5. The molecule has 4 heterocycles. The third kappa shape index (κ3) is 4.78. The number of methoxy groups -OCH3 is 1. The standard InChI is InChI=1S/C25H23F3N6O5/c1-13-12-38-32-19(13)23(35)33-7-9-34(10-8-33)24(36)21-17(11-29)39-22(31-21)15-3-5-16(37-2)20-14(15)4-6-18(30-20)25(26,27)28/h3-6,12H,7-11,29H2,1-2H3. The molecule has 5 rings (SSSR count). The summed E-state index contributed by atoms with van der Waals surface area (Å²) in [6.45, 7) is 2.61. The maximum Gasteiger partial charge on any atom is 0.433 e. The van der Waals surface area contributed by atoms with Crippen LogP contribution >= 0.6 is 0 Å². The van der Waals surface area contributed by atoms with Crippen LogP contribution in [0.2, 0.25) is 0 Å². The summed E-state index contributed by atoms with van der Waals surface area (Å²) in [5, 5.41) is 4.04. The summed E-state index contributed by atoms with van der Waals surface area (Å²) in [5.74, 6) is -0.465. The summed E-state index contributed by atoms with van der Waals surface area (Å²) in [7, 11) is 1.32. The predicted molar refractivity (Wildman–Crippen MR) is 130 cm³/mol. The van der Waals surface area contributed by atoms with Gasteiger partial charge in [0.15, 0.2) is 17.1 Å². The molecule has 0 bridgehead atoms. The van der Waals surface area contributed by atoms with Gasteiger partial charge in [-0.3, -0.25) is 9.59 Å². The van der Waals surface area contributed by atoms with Gasteiger partial charge >= 0.3 is 6.18 Å². The molecule has 204 valence electrons. The number of fused-ring (bicyclic) bond motifs is 1. The number of oxazole rings is 1. The fraction of sp³-hybridized carbons (Fsp3) is 0.320. The van der Waals surface area contributed by atoms with Crippen molar-refractivity contribution >= 4 is 22.7 Å². The average Bonchev–Trinajstić information content (AvgIpc) is 3.57. The van der Waals surface area contributed by atoms with Gasteiger partial charge in [0.25, 0.3) is 11.8 Å². The Kier molecular flexibility index (Phi) is 6.72. The second-order valence-electron chi connectivity index (χ2n) is 8.83. The molecule has 0 radical (unpaired) electrons. The van der Waals surface area contributed by atoms with Crippen molar-refractivity contribution in [3.8, 4) is 17.2 Å². The molecule has 0 atom stereocenters. The number of halogens is 3. The summed E-state index contributed by atoms with van der Waals surface area (Å²) >= 11 is 0. The van der Waals surface area contributed by atoms with Crippen molar-refractivity contribution < 1.29 is 36.4 Å². The lowest BCUT2D eigenvalue weighted by Gasteiger charge is -2.34. The quantitative estimate of drug-likeness (QED) is 0.401. The van der Waals surface area contributed by atoms with Crippen LogP contribution in [0, 0.1) is 6.92 Å². The summed E-state index contributed by atoms with van der Waals surface area (Å²) in [6.07, 6.45) is -3.26. The highest BCUT2D eigenvalue weighted by molar-refractivity contribution is 5.98. The minimum absolute atomic E-state index is 0.00309. The van der Waals surface area contributed by atoms with Crippen LogP contribution in [0.15, 0.2) is 39.5 Å². The summed E-state index contributed by atoms with van der Waals surface area (Å²) in [5.41, 5.74) is 5.88. The Hall–Kier alpha value is -4.46. The van der Waals surface area contributed by atoms with E-state index in [9.17, 15) is 22.8 Å². The Morgan fingerprint density at radius 1 is 1.03 bits per heavy atom. The Bertz CT molecular complexity index is 1560. The maximum absolute atomic E-state index is 13.4. The topological polar surface area (TPSA) is 141 Å². The molecule has 1 aliphatic rings. The van der Waals surface area contributed by atoms with Crippen LogP contribution in [0.3, 0.4) is 0 Å². The Balaban J connectivity index is 1.42. The molecule has 14 heteroatoms. The number of nitrogens with two attached hydrogens (primary N) is 1. The van der Waals surface area contributed by atoms with Gasteiger partial charge in [0.1, 0.15) is 23.2 Å². The lowest BCUT2D eigenvalue weighted by molar-refractivity contribution is -0.140. The smallest absolute Gasteiger partial charge is 0.433 e. The fourth-order valence-electron chi connectivity index (χ4n) is 4.38. The minimum Gasteiger partial charge on any atom is -0.494 e. The second-order valence-corrected chi connectivity index (χ2v) is 8.83. The van der Waals surface area contributed by atoms with Crippen LogP contribution in [0.25, 0.3) is 22.4 Å².